The molecule has 0 saturated heterocycles. The van der Waals surface area contributed by atoms with Gasteiger partial charge in [0, 0.05) is 0 Å². The van der Waals surface area contributed by atoms with Crippen LogP contribution in [0.5, 0.6) is 11.5 Å². The third kappa shape index (κ3) is 2.78. The fourth-order valence-corrected chi connectivity index (χ4v) is 1.72. The first-order valence-electron chi connectivity index (χ1n) is 5.99. The number of nitrogens with zero attached hydrogens (tertiary/aromatic N) is 4. The van der Waals surface area contributed by atoms with Crippen LogP contribution in [0.2, 0.25) is 0 Å². The second kappa shape index (κ2) is 6.38. The Bertz CT molecular complexity index is 643. The Morgan fingerprint density at radius 1 is 1.40 bits per heavy atom. The molecule has 20 heavy (non-hydrogen) atoms. The van der Waals surface area contributed by atoms with E-state index in [4.69, 9.17) is 14.7 Å². The third-order valence-electron chi connectivity index (χ3n) is 2.68. The quantitative estimate of drug-likeness (QED) is 0.750. The molecular formula is C14H14N4O2. The second-order valence-electron chi connectivity index (χ2n) is 3.91. The lowest BCUT2D eigenvalue weighted by Crippen LogP contribution is -2.08. The highest BCUT2D eigenvalue weighted by Crippen LogP contribution is 2.26. The van der Waals surface area contributed by atoms with Gasteiger partial charge in [-0.15, -0.1) is 11.7 Å². The molecule has 0 spiro atoms. The van der Waals surface area contributed by atoms with Crippen LogP contribution in [-0.4, -0.2) is 22.1 Å². The van der Waals surface area contributed by atoms with Gasteiger partial charge in [0.1, 0.15) is 18.4 Å². The Morgan fingerprint density at radius 2 is 2.15 bits per heavy atom. The van der Waals surface area contributed by atoms with E-state index < -0.39 is 0 Å². The van der Waals surface area contributed by atoms with Crippen molar-refractivity contribution in [3.63, 3.8) is 0 Å². The molecule has 0 fully saturated rings. The zero-order chi connectivity index (χ0) is 14.4. The summed E-state index contributed by atoms with van der Waals surface area (Å²) in [6.45, 7) is 4.30. The van der Waals surface area contributed by atoms with Gasteiger partial charge in [-0.3, -0.25) is 0 Å². The van der Waals surface area contributed by atoms with Gasteiger partial charge in [0.15, 0.2) is 17.2 Å². The highest BCUT2D eigenvalue weighted by molar-refractivity contribution is 5.39. The molecule has 0 saturated carbocycles. The van der Waals surface area contributed by atoms with Gasteiger partial charge in [0.25, 0.3) is 0 Å². The van der Waals surface area contributed by atoms with Crippen LogP contribution >= 0.6 is 0 Å². The molecule has 1 heterocycles. The summed E-state index contributed by atoms with van der Waals surface area (Å²) in [5.41, 5.74) is 0.861. The van der Waals surface area contributed by atoms with E-state index in [1.54, 1.807) is 30.0 Å². The molecular weight excluding hydrogens is 256 g/mol. The maximum absolute atomic E-state index is 9.03. The maximum atomic E-state index is 9.03. The van der Waals surface area contributed by atoms with Gasteiger partial charge in [-0.1, -0.05) is 23.4 Å². The standard InChI is InChI=1S/C14H14N4O2/c1-3-8-18-12(11(9-15)16-17-18)10-20-14-7-5-4-6-13(14)19-2/h3-7H,1,8,10H2,2H3. The first kappa shape index (κ1) is 13.6. The zero-order valence-electron chi connectivity index (χ0n) is 11.1. The maximum Gasteiger partial charge on any atom is 0.189 e. The van der Waals surface area contributed by atoms with Crippen molar-refractivity contribution < 1.29 is 9.47 Å². The first-order chi connectivity index (χ1) is 9.80. The van der Waals surface area contributed by atoms with Crippen molar-refractivity contribution >= 4 is 0 Å². The summed E-state index contributed by atoms with van der Waals surface area (Å²) < 4.78 is 12.5. The average molecular weight is 270 g/mol. The molecule has 102 valence electrons. The van der Waals surface area contributed by atoms with Gasteiger partial charge in [-0.2, -0.15) is 5.26 Å². The summed E-state index contributed by atoms with van der Waals surface area (Å²) in [5.74, 6) is 1.24. The molecule has 0 bridgehead atoms. The topological polar surface area (TPSA) is 73.0 Å². The fraction of sp³-hybridized carbons (Fsp3) is 0.214. The average Bonchev–Trinajstić information content (AvgIpc) is 2.88. The Kier molecular flexibility index (Phi) is 4.35. The molecule has 1 aromatic carbocycles. The van der Waals surface area contributed by atoms with Gasteiger partial charge in [-0.05, 0) is 12.1 Å². The van der Waals surface area contributed by atoms with E-state index in [2.05, 4.69) is 16.9 Å². The lowest BCUT2D eigenvalue weighted by Gasteiger charge is -2.10. The van der Waals surface area contributed by atoms with Crippen molar-refractivity contribution in [2.75, 3.05) is 7.11 Å². The Labute approximate surface area is 116 Å². The number of methoxy groups -OCH3 is 1. The SMILES string of the molecule is C=CCn1nnc(C#N)c1COc1ccccc1OC. The molecule has 0 aliphatic rings. The number of aromatic nitrogens is 3. The number of hydrogen-bond acceptors (Lipinski definition) is 5. The number of para-hydroxylation sites is 2. The lowest BCUT2D eigenvalue weighted by molar-refractivity contribution is 0.274. The molecule has 0 radical (unpaired) electrons. The smallest absolute Gasteiger partial charge is 0.189 e. The summed E-state index contributed by atoms with van der Waals surface area (Å²) in [7, 11) is 1.58. The van der Waals surface area contributed by atoms with E-state index in [-0.39, 0.29) is 12.3 Å². The molecule has 6 heteroatoms. The van der Waals surface area contributed by atoms with Crippen LogP contribution in [0.3, 0.4) is 0 Å². The van der Waals surface area contributed by atoms with Crippen LogP contribution in [0.15, 0.2) is 36.9 Å². The summed E-state index contributed by atoms with van der Waals surface area (Å²) >= 11 is 0. The monoisotopic (exact) mass is 270 g/mol. The van der Waals surface area contributed by atoms with Crippen molar-refractivity contribution in [2.24, 2.45) is 0 Å². The van der Waals surface area contributed by atoms with Crippen LogP contribution < -0.4 is 9.47 Å². The third-order valence-corrected chi connectivity index (χ3v) is 2.68. The number of ether oxygens (including phenoxy) is 2. The minimum Gasteiger partial charge on any atom is -0.493 e. The van der Waals surface area contributed by atoms with E-state index in [0.717, 1.165) is 0 Å². The predicted molar refractivity (Wildman–Crippen MR) is 72.3 cm³/mol. The molecule has 2 aromatic rings. The number of hydrogen-bond donors (Lipinski definition) is 0. The van der Waals surface area contributed by atoms with E-state index in [1.165, 1.54) is 0 Å². The first-order valence-corrected chi connectivity index (χ1v) is 5.99. The van der Waals surface area contributed by atoms with Gasteiger partial charge in [0.05, 0.1) is 13.7 Å². The molecule has 0 amide bonds. The number of benzene rings is 1. The van der Waals surface area contributed by atoms with Crippen LogP contribution in [0, 0.1) is 11.3 Å². The van der Waals surface area contributed by atoms with Gasteiger partial charge in [0.2, 0.25) is 0 Å². The highest BCUT2D eigenvalue weighted by Gasteiger charge is 2.13. The van der Waals surface area contributed by atoms with E-state index in [1.807, 2.05) is 18.2 Å². The molecule has 0 aliphatic carbocycles. The van der Waals surface area contributed by atoms with E-state index in [0.29, 0.717) is 23.7 Å². The van der Waals surface area contributed by atoms with Crippen molar-refractivity contribution in [2.45, 2.75) is 13.2 Å². The minimum absolute atomic E-state index is 0.185. The molecule has 0 atom stereocenters. The summed E-state index contributed by atoms with van der Waals surface area (Å²) in [6.07, 6.45) is 1.68. The van der Waals surface area contributed by atoms with Crippen molar-refractivity contribution in [1.29, 1.82) is 5.26 Å². The number of rotatable bonds is 6. The van der Waals surface area contributed by atoms with Crippen molar-refractivity contribution in [1.82, 2.24) is 15.0 Å². The summed E-state index contributed by atoms with van der Waals surface area (Å²) in [4.78, 5) is 0. The van der Waals surface area contributed by atoms with Gasteiger partial charge in [-0.25, -0.2) is 4.68 Å². The van der Waals surface area contributed by atoms with E-state index in [9.17, 15) is 0 Å². The normalized spacial score (nSPS) is 9.80. The summed E-state index contributed by atoms with van der Waals surface area (Å²) in [5, 5.41) is 16.7. The molecule has 0 unspecified atom stereocenters. The van der Waals surface area contributed by atoms with Gasteiger partial charge < -0.3 is 9.47 Å². The number of allylic oxidation sites excluding steroid dienone is 1. The van der Waals surface area contributed by atoms with Crippen LogP contribution in [0.25, 0.3) is 0 Å². The van der Waals surface area contributed by atoms with Crippen molar-refractivity contribution in [3.8, 4) is 17.6 Å². The van der Waals surface area contributed by atoms with E-state index >= 15 is 0 Å². The molecule has 2 rings (SSSR count). The fourth-order valence-electron chi connectivity index (χ4n) is 1.72. The largest absolute Gasteiger partial charge is 0.493 e. The van der Waals surface area contributed by atoms with Crippen LogP contribution in [0.1, 0.15) is 11.4 Å². The number of nitriles is 1. The highest BCUT2D eigenvalue weighted by atomic mass is 16.5. The Morgan fingerprint density at radius 3 is 2.80 bits per heavy atom. The molecule has 1 aromatic heterocycles. The Balaban J connectivity index is 2.20. The van der Waals surface area contributed by atoms with Gasteiger partial charge >= 0.3 is 0 Å². The second-order valence-corrected chi connectivity index (χ2v) is 3.91. The van der Waals surface area contributed by atoms with Crippen LogP contribution in [0.4, 0.5) is 0 Å². The minimum atomic E-state index is 0.185. The predicted octanol–water partition coefficient (Wildman–Crippen LogP) is 1.92. The summed E-state index contributed by atoms with van der Waals surface area (Å²) in [6, 6.07) is 9.31. The molecule has 0 aliphatic heterocycles. The lowest BCUT2D eigenvalue weighted by atomic mass is 10.3. The van der Waals surface area contributed by atoms with Crippen LogP contribution in [-0.2, 0) is 13.2 Å². The zero-order valence-corrected chi connectivity index (χ0v) is 11.1. The van der Waals surface area contributed by atoms with Crippen molar-refractivity contribution in [3.05, 3.63) is 48.3 Å². The Hall–Kier alpha value is -2.81. The molecule has 6 nitrogen and oxygen atoms in total. The molecule has 0 N–H and O–H groups in total.